The van der Waals surface area contributed by atoms with Crippen LogP contribution >= 0.6 is 11.6 Å². The Labute approximate surface area is 92.3 Å². The minimum atomic E-state index is 0.236. The second-order valence-electron chi connectivity index (χ2n) is 3.03. The molecule has 0 amide bonds. The van der Waals surface area contributed by atoms with Crippen molar-refractivity contribution in [3.05, 3.63) is 29.9 Å². The second-order valence-corrected chi connectivity index (χ2v) is 3.30. The highest BCUT2D eigenvalue weighted by Crippen LogP contribution is 2.20. The highest BCUT2D eigenvalue weighted by molar-refractivity contribution is 6.16. The normalized spacial score (nSPS) is 10.5. The molecule has 2 rings (SSSR count). The Morgan fingerprint density at radius 2 is 2.33 bits per heavy atom. The van der Waals surface area contributed by atoms with Crippen LogP contribution in [-0.2, 0) is 12.3 Å². The van der Waals surface area contributed by atoms with E-state index < -0.39 is 0 Å². The van der Waals surface area contributed by atoms with E-state index >= 15 is 0 Å². The zero-order chi connectivity index (χ0) is 10.7. The van der Waals surface area contributed by atoms with Gasteiger partial charge in [0.2, 0.25) is 11.7 Å². The molecule has 2 aromatic rings. The molecule has 0 atom stereocenters. The van der Waals surface area contributed by atoms with Gasteiger partial charge < -0.3 is 4.52 Å². The Morgan fingerprint density at radius 3 is 3.00 bits per heavy atom. The summed E-state index contributed by atoms with van der Waals surface area (Å²) in [7, 11) is 0. The van der Waals surface area contributed by atoms with E-state index in [1.165, 1.54) is 0 Å². The van der Waals surface area contributed by atoms with Gasteiger partial charge in [0.15, 0.2) is 0 Å². The number of hydrogen-bond acceptors (Lipinski definition) is 4. The third-order valence-electron chi connectivity index (χ3n) is 2.11. The summed E-state index contributed by atoms with van der Waals surface area (Å²) >= 11 is 5.59. The summed E-state index contributed by atoms with van der Waals surface area (Å²) in [4.78, 5) is 8.23. The first-order chi connectivity index (χ1) is 7.35. The maximum Gasteiger partial charge on any atom is 0.241 e. The highest BCUT2D eigenvalue weighted by atomic mass is 35.5. The lowest BCUT2D eigenvalue weighted by atomic mass is 10.1. The predicted molar refractivity (Wildman–Crippen MR) is 56.5 cm³/mol. The summed E-state index contributed by atoms with van der Waals surface area (Å²) in [5.41, 5.74) is 2.05. The molecule has 0 aliphatic carbocycles. The van der Waals surface area contributed by atoms with E-state index in [9.17, 15) is 0 Å². The maximum absolute atomic E-state index is 5.59. The van der Waals surface area contributed by atoms with E-state index in [4.69, 9.17) is 16.1 Å². The SMILES string of the molecule is CCc1cnccc1-c1noc(CCl)n1. The fourth-order valence-electron chi connectivity index (χ4n) is 1.35. The van der Waals surface area contributed by atoms with Gasteiger partial charge in [-0.2, -0.15) is 4.98 Å². The molecule has 0 bridgehead atoms. The molecule has 0 N–H and O–H groups in total. The number of aryl methyl sites for hydroxylation is 1. The molecule has 5 heteroatoms. The predicted octanol–water partition coefficient (Wildman–Crippen LogP) is 2.43. The van der Waals surface area contributed by atoms with Gasteiger partial charge in [0.05, 0.1) is 0 Å². The van der Waals surface area contributed by atoms with Crippen LogP contribution in [0.25, 0.3) is 11.4 Å². The summed E-state index contributed by atoms with van der Waals surface area (Å²) in [6.45, 7) is 2.06. The number of pyridine rings is 1. The van der Waals surface area contributed by atoms with Crippen molar-refractivity contribution in [2.45, 2.75) is 19.2 Å². The number of rotatable bonds is 3. The lowest BCUT2D eigenvalue weighted by Crippen LogP contribution is -1.90. The molecule has 0 fully saturated rings. The molecule has 0 aliphatic rings. The standard InChI is InChI=1S/C10H10ClN3O/c1-2-7-6-12-4-3-8(7)10-13-9(5-11)15-14-10/h3-4,6H,2,5H2,1H3. The second kappa shape index (κ2) is 4.40. The minimum Gasteiger partial charge on any atom is -0.338 e. The lowest BCUT2D eigenvalue weighted by Gasteiger charge is -2.00. The number of nitrogens with zero attached hydrogens (tertiary/aromatic N) is 3. The molecule has 2 aromatic heterocycles. The van der Waals surface area contributed by atoms with E-state index in [1.54, 1.807) is 6.20 Å². The van der Waals surface area contributed by atoms with Gasteiger partial charge in [-0.05, 0) is 18.1 Å². The average molecular weight is 224 g/mol. The number of aromatic nitrogens is 3. The van der Waals surface area contributed by atoms with Crippen molar-refractivity contribution in [2.24, 2.45) is 0 Å². The zero-order valence-electron chi connectivity index (χ0n) is 8.27. The van der Waals surface area contributed by atoms with Crippen molar-refractivity contribution in [2.75, 3.05) is 0 Å². The van der Waals surface area contributed by atoms with Crippen molar-refractivity contribution in [3.63, 3.8) is 0 Å². The molecule has 0 saturated heterocycles. The van der Waals surface area contributed by atoms with Gasteiger partial charge in [-0.1, -0.05) is 12.1 Å². The van der Waals surface area contributed by atoms with E-state index in [0.29, 0.717) is 11.7 Å². The fourth-order valence-corrected chi connectivity index (χ4v) is 1.45. The molecule has 0 aliphatic heterocycles. The molecule has 78 valence electrons. The molecule has 4 nitrogen and oxygen atoms in total. The largest absolute Gasteiger partial charge is 0.338 e. The van der Waals surface area contributed by atoms with Gasteiger partial charge in [-0.15, -0.1) is 11.6 Å². The smallest absolute Gasteiger partial charge is 0.241 e. The molecular formula is C10H10ClN3O. The van der Waals surface area contributed by atoms with E-state index in [0.717, 1.165) is 17.5 Å². The van der Waals surface area contributed by atoms with Crippen LogP contribution in [0.1, 0.15) is 18.4 Å². The number of alkyl halides is 1. The zero-order valence-corrected chi connectivity index (χ0v) is 9.03. The van der Waals surface area contributed by atoms with Crippen LogP contribution < -0.4 is 0 Å². The average Bonchev–Trinajstić information content (AvgIpc) is 2.77. The Morgan fingerprint density at radius 1 is 1.47 bits per heavy atom. The summed E-state index contributed by atoms with van der Waals surface area (Å²) in [6.07, 6.45) is 4.41. The first kappa shape index (κ1) is 10.1. The number of hydrogen-bond donors (Lipinski definition) is 0. The van der Waals surface area contributed by atoms with E-state index in [1.807, 2.05) is 12.3 Å². The van der Waals surface area contributed by atoms with Gasteiger partial charge in [-0.25, -0.2) is 0 Å². The quantitative estimate of drug-likeness (QED) is 0.750. The van der Waals surface area contributed by atoms with Crippen LogP contribution in [0, 0.1) is 0 Å². The van der Waals surface area contributed by atoms with Crippen molar-refractivity contribution >= 4 is 11.6 Å². The first-order valence-corrected chi connectivity index (χ1v) is 5.20. The van der Waals surface area contributed by atoms with Crippen LogP contribution in [0.15, 0.2) is 23.0 Å². The molecule has 15 heavy (non-hydrogen) atoms. The molecule has 0 aromatic carbocycles. The van der Waals surface area contributed by atoms with E-state index in [-0.39, 0.29) is 5.88 Å². The summed E-state index contributed by atoms with van der Waals surface area (Å²) in [6, 6.07) is 1.88. The van der Waals surface area contributed by atoms with Crippen molar-refractivity contribution < 1.29 is 4.52 Å². The maximum atomic E-state index is 5.59. The van der Waals surface area contributed by atoms with Crippen molar-refractivity contribution in [1.82, 2.24) is 15.1 Å². The molecular weight excluding hydrogens is 214 g/mol. The molecule has 0 spiro atoms. The number of halogens is 1. The van der Waals surface area contributed by atoms with Crippen LogP contribution in [-0.4, -0.2) is 15.1 Å². The fraction of sp³-hybridized carbons (Fsp3) is 0.300. The summed E-state index contributed by atoms with van der Waals surface area (Å²) in [5.74, 6) is 1.25. The molecule has 0 saturated carbocycles. The Hall–Kier alpha value is -1.42. The molecule has 2 heterocycles. The van der Waals surface area contributed by atoms with E-state index in [2.05, 4.69) is 22.0 Å². The van der Waals surface area contributed by atoms with Crippen LogP contribution in [0.2, 0.25) is 0 Å². The van der Waals surface area contributed by atoms with Crippen LogP contribution in [0.5, 0.6) is 0 Å². The van der Waals surface area contributed by atoms with Gasteiger partial charge in [-0.3, -0.25) is 4.98 Å². The monoisotopic (exact) mass is 223 g/mol. The Kier molecular flexibility index (Phi) is 2.97. The van der Waals surface area contributed by atoms with Crippen molar-refractivity contribution in [1.29, 1.82) is 0 Å². The third kappa shape index (κ3) is 1.99. The summed E-state index contributed by atoms with van der Waals surface area (Å²) in [5, 5.41) is 3.87. The first-order valence-electron chi connectivity index (χ1n) is 4.67. The minimum absolute atomic E-state index is 0.236. The topological polar surface area (TPSA) is 51.8 Å². The Bertz CT molecular complexity index is 455. The molecule has 0 unspecified atom stereocenters. The van der Waals surface area contributed by atoms with Gasteiger partial charge >= 0.3 is 0 Å². The van der Waals surface area contributed by atoms with Gasteiger partial charge in [0.1, 0.15) is 5.88 Å². The van der Waals surface area contributed by atoms with Gasteiger partial charge in [0, 0.05) is 18.0 Å². The lowest BCUT2D eigenvalue weighted by molar-refractivity contribution is 0.391. The summed E-state index contributed by atoms with van der Waals surface area (Å²) < 4.78 is 4.95. The van der Waals surface area contributed by atoms with Gasteiger partial charge in [0.25, 0.3) is 0 Å². The van der Waals surface area contributed by atoms with Crippen LogP contribution in [0.3, 0.4) is 0 Å². The molecule has 0 radical (unpaired) electrons. The third-order valence-corrected chi connectivity index (χ3v) is 2.34. The highest BCUT2D eigenvalue weighted by Gasteiger charge is 2.10. The Balaban J connectivity index is 2.44. The van der Waals surface area contributed by atoms with Crippen LogP contribution in [0.4, 0.5) is 0 Å². The van der Waals surface area contributed by atoms with Crippen molar-refractivity contribution in [3.8, 4) is 11.4 Å².